The van der Waals surface area contributed by atoms with Crippen LogP contribution in [0, 0.1) is 10.1 Å². The Hall–Kier alpha value is -3.68. The smallest absolute Gasteiger partial charge is 0.366 e. The van der Waals surface area contributed by atoms with Gasteiger partial charge in [-0.1, -0.05) is 0 Å². The summed E-state index contributed by atoms with van der Waals surface area (Å²) in [6.45, 7) is -0.204. The average Bonchev–Trinajstić information content (AvgIpc) is 3.12. The van der Waals surface area contributed by atoms with E-state index in [0.717, 1.165) is 40.6 Å². The zero-order chi connectivity index (χ0) is 22.8. The van der Waals surface area contributed by atoms with Crippen LogP contribution in [0.3, 0.4) is 0 Å². The van der Waals surface area contributed by atoms with E-state index in [4.69, 9.17) is 5.73 Å². The van der Waals surface area contributed by atoms with Gasteiger partial charge in [-0.25, -0.2) is 0 Å². The number of nitrogens with two attached hydrogens (primary N) is 1. The number of pyridine rings is 1. The number of nitrogens with one attached hydrogen (secondary N) is 1. The summed E-state index contributed by atoms with van der Waals surface area (Å²) in [5.74, 6) is -1.51. The number of rotatable bonds is 7. The molecule has 0 unspecified atom stereocenters. The molecule has 0 aliphatic heterocycles. The van der Waals surface area contributed by atoms with Crippen molar-refractivity contribution in [2.24, 2.45) is 5.73 Å². The van der Waals surface area contributed by atoms with Crippen molar-refractivity contribution in [2.45, 2.75) is 17.6 Å². The number of carbonyl (C=O) groups is 2. The zero-order valence-electron chi connectivity index (χ0n) is 15.4. The lowest BCUT2D eigenvalue weighted by Crippen LogP contribution is -2.25. The van der Waals surface area contributed by atoms with Gasteiger partial charge < -0.3 is 11.1 Å². The summed E-state index contributed by atoms with van der Waals surface area (Å²) in [5, 5.41) is 21.2. The van der Waals surface area contributed by atoms with Crippen molar-refractivity contribution in [1.29, 1.82) is 0 Å². The van der Waals surface area contributed by atoms with E-state index in [1.54, 1.807) is 0 Å². The van der Waals surface area contributed by atoms with Gasteiger partial charge in [0.15, 0.2) is 11.5 Å². The fourth-order valence-electron chi connectivity index (χ4n) is 2.53. The molecule has 0 radical (unpaired) electrons. The molecule has 3 aromatic rings. The summed E-state index contributed by atoms with van der Waals surface area (Å²) >= 11 is 0.853. The molecule has 14 heteroatoms. The number of amides is 2. The second-order valence-corrected chi connectivity index (χ2v) is 7.15. The largest absolute Gasteiger partial charge is 0.417 e. The Bertz CT molecular complexity index is 1180. The van der Waals surface area contributed by atoms with Crippen LogP contribution in [0.1, 0.15) is 21.7 Å². The molecule has 2 aromatic heterocycles. The van der Waals surface area contributed by atoms with Crippen LogP contribution in [0.5, 0.6) is 0 Å². The van der Waals surface area contributed by atoms with Crippen LogP contribution in [0.4, 0.5) is 18.9 Å². The number of hydrogen-bond acceptors (Lipinski definition) is 7. The first-order valence-electron chi connectivity index (χ1n) is 8.45. The third-order valence-electron chi connectivity index (χ3n) is 4.04. The number of carbonyl (C=O) groups excluding carboxylic acids is 2. The van der Waals surface area contributed by atoms with Crippen molar-refractivity contribution in [3.05, 3.63) is 63.6 Å². The summed E-state index contributed by atoms with van der Waals surface area (Å²) in [4.78, 5) is 33.9. The van der Waals surface area contributed by atoms with Crippen LogP contribution >= 0.6 is 11.8 Å². The van der Waals surface area contributed by atoms with E-state index in [1.165, 1.54) is 12.1 Å². The molecule has 2 amide bonds. The number of nitro benzene ring substituents is 1. The molecule has 162 valence electrons. The van der Waals surface area contributed by atoms with E-state index >= 15 is 0 Å². The van der Waals surface area contributed by atoms with E-state index in [0.29, 0.717) is 0 Å². The third-order valence-corrected chi connectivity index (χ3v) is 5.11. The third kappa shape index (κ3) is 5.09. The first-order valence-corrected chi connectivity index (χ1v) is 9.43. The molecule has 10 nitrogen and oxygen atoms in total. The summed E-state index contributed by atoms with van der Waals surface area (Å²) in [6, 6.07) is 5.66. The van der Waals surface area contributed by atoms with Gasteiger partial charge in [0.1, 0.15) is 0 Å². The van der Waals surface area contributed by atoms with Gasteiger partial charge in [0, 0.05) is 17.8 Å². The normalized spacial score (nSPS) is 11.5. The van der Waals surface area contributed by atoms with Gasteiger partial charge in [0.2, 0.25) is 11.8 Å². The lowest BCUT2D eigenvalue weighted by Gasteiger charge is -2.08. The summed E-state index contributed by atoms with van der Waals surface area (Å²) in [7, 11) is 0. The highest BCUT2D eigenvalue weighted by Gasteiger charge is 2.31. The van der Waals surface area contributed by atoms with E-state index in [2.05, 4.69) is 15.5 Å². The van der Waals surface area contributed by atoms with Crippen LogP contribution < -0.4 is 11.1 Å². The fourth-order valence-corrected chi connectivity index (χ4v) is 3.37. The van der Waals surface area contributed by atoms with Gasteiger partial charge in [-0.15, -0.1) is 22.0 Å². The van der Waals surface area contributed by atoms with Gasteiger partial charge in [-0.3, -0.25) is 24.1 Å². The second-order valence-electron chi connectivity index (χ2n) is 6.13. The molecule has 3 N–H and O–H groups in total. The second kappa shape index (κ2) is 8.59. The average molecular weight is 454 g/mol. The molecular formula is C17H13F3N6O4S. The minimum Gasteiger partial charge on any atom is -0.366 e. The Balaban J connectivity index is 1.66. The molecule has 1 aromatic carbocycles. The topological polar surface area (TPSA) is 146 Å². The van der Waals surface area contributed by atoms with Crippen molar-refractivity contribution in [2.75, 3.05) is 5.75 Å². The Morgan fingerprint density at radius 1 is 1.23 bits per heavy atom. The Morgan fingerprint density at radius 3 is 2.61 bits per heavy atom. The van der Waals surface area contributed by atoms with Crippen molar-refractivity contribution in [3.63, 3.8) is 0 Å². The molecule has 0 spiro atoms. The van der Waals surface area contributed by atoms with E-state index in [9.17, 15) is 32.9 Å². The number of aromatic nitrogens is 3. The van der Waals surface area contributed by atoms with Gasteiger partial charge in [0.25, 0.3) is 5.69 Å². The summed E-state index contributed by atoms with van der Waals surface area (Å²) in [6.07, 6.45) is -3.72. The Morgan fingerprint density at radius 2 is 1.97 bits per heavy atom. The highest BCUT2D eigenvalue weighted by atomic mass is 32.2. The molecule has 0 fully saturated rings. The van der Waals surface area contributed by atoms with Crippen LogP contribution in [-0.4, -0.2) is 37.1 Å². The molecule has 2 heterocycles. The highest BCUT2D eigenvalue weighted by molar-refractivity contribution is 8.00. The Kier molecular flexibility index (Phi) is 6.10. The molecule has 0 saturated heterocycles. The minimum absolute atomic E-state index is 0.0441. The predicted octanol–water partition coefficient (Wildman–Crippen LogP) is 2.16. The quantitative estimate of drug-likeness (QED) is 0.316. The molecule has 0 aliphatic carbocycles. The SMILES string of the molecule is NC(=O)c1ccc(SCC(=O)NCc2nnc3ccc(C(F)(F)F)cn23)c([N+](=O)[O-])c1. The number of halogens is 3. The lowest BCUT2D eigenvalue weighted by atomic mass is 10.2. The maximum absolute atomic E-state index is 12.9. The van der Waals surface area contributed by atoms with Gasteiger partial charge in [-0.2, -0.15) is 13.2 Å². The summed E-state index contributed by atoms with van der Waals surface area (Å²) < 4.78 is 39.8. The molecule has 0 atom stereocenters. The van der Waals surface area contributed by atoms with Gasteiger partial charge in [0.05, 0.1) is 27.7 Å². The highest BCUT2D eigenvalue weighted by Crippen LogP contribution is 2.30. The monoisotopic (exact) mass is 454 g/mol. The van der Waals surface area contributed by atoms with Crippen molar-refractivity contribution in [3.8, 4) is 0 Å². The molecule has 3 rings (SSSR count). The number of fused-ring (bicyclic) bond motifs is 1. The van der Waals surface area contributed by atoms with E-state index < -0.39 is 28.5 Å². The molecule has 31 heavy (non-hydrogen) atoms. The number of nitro groups is 1. The number of primary amides is 1. The van der Waals surface area contributed by atoms with Crippen molar-refractivity contribution in [1.82, 2.24) is 19.9 Å². The number of nitrogens with zero attached hydrogens (tertiary/aromatic N) is 4. The molecular weight excluding hydrogens is 441 g/mol. The number of benzene rings is 1. The standard InChI is InChI=1S/C17H13F3N6O4S/c18-17(19,20)10-2-4-13-23-24-14(25(13)7-10)6-22-15(27)8-31-12-3-1-9(16(21)28)5-11(12)26(29)30/h1-5,7H,6,8H2,(H2,21,28)(H,22,27). The first-order chi connectivity index (χ1) is 14.6. The number of alkyl halides is 3. The van der Waals surface area contributed by atoms with E-state index in [-0.39, 0.29) is 39.9 Å². The van der Waals surface area contributed by atoms with Crippen LogP contribution in [0.25, 0.3) is 5.65 Å². The zero-order valence-corrected chi connectivity index (χ0v) is 16.2. The van der Waals surface area contributed by atoms with Crippen molar-refractivity contribution >= 4 is 34.9 Å². The van der Waals surface area contributed by atoms with Crippen molar-refractivity contribution < 1.29 is 27.7 Å². The summed E-state index contributed by atoms with van der Waals surface area (Å²) in [5.41, 5.74) is 3.97. The fraction of sp³-hybridized carbons (Fsp3) is 0.176. The Labute approximate surface area is 175 Å². The predicted molar refractivity (Wildman–Crippen MR) is 102 cm³/mol. The maximum atomic E-state index is 12.9. The molecule has 0 bridgehead atoms. The van der Waals surface area contributed by atoms with Gasteiger partial charge in [-0.05, 0) is 24.3 Å². The van der Waals surface area contributed by atoms with E-state index in [1.807, 2.05) is 0 Å². The van der Waals surface area contributed by atoms with Gasteiger partial charge >= 0.3 is 6.18 Å². The van der Waals surface area contributed by atoms with Crippen LogP contribution in [0.15, 0.2) is 41.4 Å². The minimum atomic E-state index is -4.55. The number of thioether (sulfide) groups is 1. The van der Waals surface area contributed by atoms with Crippen LogP contribution in [0.2, 0.25) is 0 Å². The molecule has 0 aliphatic rings. The van der Waals surface area contributed by atoms with Crippen LogP contribution in [-0.2, 0) is 17.5 Å². The lowest BCUT2D eigenvalue weighted by molar-refractivity contribution is -0.387. The first kappa shape index (κ1) is 22.0. The maximum Gasteiger partial charge on any atom is 0.417 e. The molecule has 0 saturated carbocycles. The number of hydrogen-bond donors (Lipinski definition) is 2.